The van der Waals surface area contributed by atoms with E-state index in [1.165, 1.54) is 18.2 Å². The lowest BCUT2D eigenvalue weighted by molar-refractivity contribution is -0.125. The van der Waals surface area contributed by atoms with Gasteiger partial charge in [0.25, 0.3) is 5.91 Å². The van der Waals surface area contributed by atoms with Gasteiger partial charge >= 0.3 is 6.61 Å². The first-order valence-electron chi connectivity index (χ1n) is 7.43. The van der Waals surface area contributed by atoms with Crippen LogP contribution in [0.25, 0.3) is 0 Å². The summed E-state index contributed by atoms with van der Waals surface area (Å²) in [5.41, 5.74) is 0.274. The minimum atomic E-state index is -3.00. The summed E-state index contributed by atoms with van der Waals surface area (Å²) in [6.45, 7) is -3.52. The highest BCUT2D eigenvalue weighted by Gasteiger charge is 2.11. The fraction of sp³-hybridized carbons (Fsp3) is 0.176. The van der Waals surface area contributed by atoms with E-state index in [9.17, 15) is 18.4 Å². The first-order valence-corrected chi connectivity index (χ1v) is 7.80. The lowest BCUT2D eigenvalue weighted by Crippen LogP contribution is -2.35. The Morgan fingerprint density at radius 3 is 2.46 bits per heavy atom. The molecule has 0 atom stereocenters. The summed E-state index contributed by atoms with van der Waals surface area (Å²) in [6, 6.07) is 12.6. The van der Waals surface area contributed by atoms with Gasteiger partial charge in [0, 0.05) is 5.69 Å². The van der Waals surface area contributed by atoms with Crippen LogP contribution in [0.2, 0.25) is 5.02 Å². The van der Waals surface area contributed by atoms with Gasteiger partial charge in [-0.25, -0.2) is 0 Å². The summed E-state index contributed by atoms with van der Waals surface area (Å²) in [6.07, 6.45) is 0. The molecular formula is C17H15ClF2N2O4. The molecule has 0 saturated heterocycles. The number of carbonyl (C=O) groups excluding carboxylic acids is 2. The smallest absolute Gasteiger partial charge is 0.387 e. The largest absolute Gasteiger partial charge is 0.484 e. The molecule has 0 bridgehead atoms. The number of rotatable bonds is 8. The van der Waals surface area contributed by atoms with Crippen molar-refractivity contribution in [2.75, 3.05) is 18.5 Å². The van der Waals surface area contributed by atoms with Gasteiger partial charge in [0.1, 0.15) is 11.5 Å². The molecule has 2 aromatic rings. The minimum Gasteiger partial charge on any atom is -0.484 e. The topological polar surface area (TPSA) is 76.7 Å². The molecule has 2 N–H and O–H groups in total. The molecule has 0 spiro atoms. The van der Waals surface area contributed by atoms with Crippen LogP contribution in [0.3, 0.4) is 0 Å². The van der Waals surface area contributed by atoms with E-state index in [0.29, 0.717) is 5.75 Å². The third kappa shape index (κ3) is 6.56. The van der Waals surface area contributed by atoms with Crippen molar-refractivity contribution in [2.24, 2.45) is 0 Å². The van der Waals surface area contributed by atoms with Crippen LogP contribution in [-0.4, -0.2) is 31.6 Å². The van der Waals surface area contributed by atoms with Crippen LogP contribution in [-0.2, 0) is 9.59 Å². The molecule has 2 amide bonds. The number of anilines is 1. The molecule has 0 aliphatic carbocycles. The molecule has 26 heavy (non-hydrogen) atoms. The fourth-order valence-corrected chi connectivity index (χ4v) is 2.10. The zero-order valence-electron chi connectivity index (χ0n) is 13.4. The molecule has 0 aliphatic rings. The fourth-order valence-electron chi connectivity index (χ4n) is 1.87. The summed E-state index contributed by atoms with van der Waals surface area (Å²) in [5.74, 6) is -0.654. The number of benzene rings is 2. The Morgan fingerprint density at radius 1 is 1.08 bits per heavy atom. The maximum absolute atomic E-state index is 12.2. The number of hydrogen-bond acceptors (Lipinski definition) is 4. The van der Waals surface area contributed by atoms with Gasteiger partial charge in [-0.1, -0.05) is 29.8 Å². The van der Waals surface area contributed by atoms with E-state index in [2.05, 4.69) is 15.4 Å². The van der Waals surface area contributed by atoms with Gasteiger partial charge in [-0.15, -0.1) is 0 Å². The highest BCUT2D eigenvalue weighted by atomic mass is 35.5. The molecule has 0 unspecified atom stereocenters. The number of carbonyl (C=O) groups is 2. The van der Waals surface area contributed by atoms with Crippen LogP contribution in [0.15, 0.2) is 48.5 Å². The number of hydrogen-bond donors (Lipinski definition) is 2. The van der Waals surface area contributed by atoms with Crippen molar-refractivity contribution in [2.45, 2.75) is 6.61 Å². The summed E-state index contributed by atoms with van der Waals surface area (Å²) in [7, 11) is 0. The van der Waals surface area contributed by atoms with Crippen LogP contribution in [0.4, 0.5) is 14.5 Å². The van der Waals surface area contributed by atoms with E-state index < -0.39 is 18.4 Å². The second-order valence-corrected chi connectivity index (χ2v) is 5.36. The first kappa shape index (κ1) is 19.5. The van der Waals surface area contributed by atoms with Gasteiger partial charge in [0.15, 0.2) is 6.61 Å². The second kappa shape index (κ2) is 9.57. The number of halogens is 3. The van der Waals surface area contributed by atoms with Gasteiger partial charge in [0.2, 0.25) is 5.91 Å². The van der Waals surface area contributed by atoms with E-state index in [1.54, 1.807) is 24.3 Å². The van der Waals surface area contributed by atoms with Crippen molar-refractivity contribution in [3.63, 3.8) is 0 Å². The van der Waals surface area contributed by atoms with Gasteiger partial charge in [-0.05, 0) is 30.3 Å². The van der Waals surface area contributed by atoms with Gasteiger partial charge in [-0.2, -0.15) is 8.78 Å². The molecule has 138 valence electrons. The van der Waals surface area contributed by atoms with Crippen molar-refractivity contribution in [3.8, 4) is 11.5 Å². The lowest BCUT2D eigenvalue weighted by Gasteiger charge is -2.10. The summed E-state index contributed by atoms with van der Waals surface area (Å²) >= 11 is 5.79. The Kier molecular flexibility index (Phi) is 7.16. The third-order valence-corrected chi connectivity index (χ3v) is 3.29. The Hall–Kier alpha value is -2.87. The average molecular weight is 385 g/mol. The third-order valence-electron chi connectivity index (χ3n) is 2.99. The highest BCUT2D eigenvalue weighted by Crippen LogP contribution is 2.28. The van der Waals surface area contributed by atoms with E-state index >= 15 is 0 Å². The minimum absolute atomic E-state index is 0.0802. The first-order chi connectivity index (χ1) is 12.4. The van der Waals surface area contributed by atoms with Crippen molar-refractivity contribution in [3.05, 3.63) is 53.6 Å². The molecule has 0 fully saturated rings. The molecule has 9 heteroatoms. The second-order valence-electron chi connectivity index (χ2n) is 4.95. The van der Waals surface area contributed by atoms with E-state index in [1.807, 2.05) is 6.07 Å². The van der Waals surface area contributed by atoms with Crippen LogP contribution >= 0.6 is 11.6 Å². The van der Waals surface area contributed by atoms with Crippen molar-refractivity contribution in [1.29, 1.82) is 0 Å². The zero-order chi connectivity index (χ0) is 18.9. The Labute approximate surface area is 153 Å². The molecule has 2 aromatic carbocycles. The maximum Gasteiger partial charge on any atom is 0.387 e. The van der Waals surface area contributed by atoms with E-state index in [0.717, 1.165) is 0 Å². The summed E-state index contributed by atoms with van der Waals surface area (Å²) in [5, 5.41) is 4.78. The van der Waals surface area contributed by atoms with Crippen LogP contribution < -0.4 is 20.1 Å². The molecule has 0 aliphatic heterocycles. The number of ether oxygens (including phenoxy) is 2. The molecular weight excluding hydrogens is 370 g/mol. The lowest BCUT2D eigenvalue weighted by atomic mass is 10.3. The number of amides is 2. The highest BCUT2D eigenvalue weighted by molar-refractivity contribution is 6.32. The molecule has 0 saturated carbocycles. The summed E-state index contributed by atoms with van der Waals surface area (Å²) < 4.78 is 33.8. The SMILES string of the molecule is O=C(COc1ccccc1)NCC(=O)Nc1ccc(OC(F)F)c(Cl)c1. The normalized spacial score (nSPS) is 10.3. The Bertz CT molecular complexity index is 760. The maximum atomic E-state index is 12.2. The molecule has 6 nitrogen and oxygen atoms in total. The van der Waals surface area contributed by atoms with Crippen molar-refractivity contribution in [1.82, 2.24) is 5.32 Å². The Balaban J connectivity index is 1.76. The molecule has 0 heterocycles. The van der Waals surface area contributed by atoms with Crippen molar-refractivity contribution < 1.29 is 27.8 Å². The molecule has 0 aromatic heterocycles. The number of alkyl halides is 2. The van der Waals surface area contributed by atoms with Crippen LogP contribution in [0.5, 0.6) is 11.5 Å². The van der Waals surface area contributed by atoms with E-state index in [-0.39, 0.29) is 29.6 Å². The predicted molar refractivity (Wildman–Crippen MR) is 91.7 cm³/mol. The van der Waals surface area contributed by atoms with E-state index in [4.69, 9.17) is 16.3 Å². The van der Waals surface area contributed by atoms with Crippen LogP contribution in [0, 0.1) is 0 Å². The molecule has 2 rings (SSSR count). The average Bonchev–Trinajstić information content (AvgIpc) is 2.61. The zero-order valence-corrected chi connectivity index (χ0v) is 14.1. The Morgan fingerprint density at radius 2 is 1.81 bits per heavy atom. The monoisotopic (exact) mass is 384 g/mol. The quantitative estimate of drug-likeness (QED) is 0.733. The number of nitrogens with one attached hydrogen (secondary N) is 2. The van der Waals surface area contributed by atoms with Crippen molar-refractivity contribution >= 4 is 29.1 Å². The van der Waals surface area contributed by atoms with Gasteiger partial charge in [0.05, 0.1) is 11.6 Å². The van der Waals surface area contributed by atoms with Gasteiger partial charge in [-0.3, -0.25) is 9.59 Å². The van der Waals surface area contributed by atoms with Gasteiger partial charge < -0.3 is 20.1 Å². The molecule has 0 radical (unpaired) electrons. The predicted octanol–water partition coefficient (Wildman–Crippen LogP) is 3.08. The summed E-state index contributed by atoms with van der Waals surface area (Å²) in [4.78, 5) is 23.5. The number of para-hydroxylation sites is 1. The standard InChI is InChI=1S/C17H15ClF2N2O4/c18-13-8-11(6-7-14(13)26-17(19)20)22-15(23)9-21-16(24)10-25-12-4-2-1-3-5-12/h1-8,17H,9-10H2,(H,21,24)(H,22,23). The van der Waals surface area contributed by atoms with Crippen LogP contribution in [0.1, 0.15) is 0 Å².